The lowest BCUT2D eigenvalue weighted by molar-refractivity contribution is 0.101. The number of phenolic OH excluding ortho intramolecular Hbond substituents is 2. The number of hydrogen-bond acceptors (Lipinski definition) is 6. The van der Waals surface area contributed by atoms with Crippen molar-refractivity contribution in [2.24, 2.45) is 0 Å². The van der Waals surface area contributed by atoms with Crippen LogP contribution in [0.4, 0.5) is 22.7 Å². The number of aliphatic hydroxyl groups excluding tert-OH is 1. The summed E-state index contributed by atoms with van der Waals surface area (Å²) in [5.74, 6) is -1.03. The molecule has 0 aromatic heterocycles. The van der Waals surface area contributed by atoms with Crippen LogP contribution in [-0.4, -0.2) is 21.1 Å². The van der Waals surface area contributed by atoms with E-state index in [1.165, 1.54) is 23.3 Å². The van der Waals surface area contributed by atoms with Crippen LogP contribution in [-0.2, 0) is 10.8 Å². The number of carbonyl (C=O) groups is 1. The van der Waals surface area contributed by atoms with E-state index < -0.39 is 11.9 Å². The smallest absolute Gasteiger partial charge is 0.199 e. The zero-order valence-corrected chi connectivity index (χ0v) is 23.8. The Balaban J connectivity index is 1.62. The monoisotopic (exact) mass is 536 g/mol. The minimum atomic E-state index is -1.35. The van der Waals surface area contributed by atoms with E-state index in [0.717, 1.165) is 11.4 Å². The quantitative estimate of drug-likeness (QED) is 0.171. The number of carbonyl (C=O) groups excluding carboxylic acids is 1. The van der Waals surface area contributed by atoms with Crippen LogP contribution in [0.3, 0.4) is 0 Å². The maximum Gasteiger partial charge on any atom is 0.199 e. The van der Waals surface area contributed by atoms with Crippen molar-refractivity contribution in [3.05, 3.63) is 106 Å². The highest BCUT2D eigenvalue weighted by Gasteiger charge is 2.38. The van der Waals surface area contributed by atoms with Crippen molar-refractivity contribution >= 4 is 28.5 Å². The lowest BCUT2D eigenvalue weighted by Crippen LogP contribution is -2.22. The summed E-state index contributed by atoms with van der Waals surface area (Å²) in [6, 6.07) is 22.2. The highest BCUT2D eigenvalue weighted by molar-refractivity contribution is 6.18. The van der Waals surface area contributed by atoms with Crippen LogP contribution in [0.15, 0.2) is 72.8 Å². The molecule has 206 valence electrons. The van der Waals surface area contributed by atoms with Gasteiger partial charge in [-0.15, -0.1) is 0 Å². The topological polar surface area (TPSA) is 102 Å². The molecule has 1 aliphatic carbocycles. The van der Waals surface area contributed by atoms with E-state index in [4.69, 9.17) is 0 Å². The van der Waals surface area contributed by atoms with E-state index >= 15 is 0 Å². The van der Waals surface area contributed by atoms with E-state index in [9.17, 15) is 20.1 Å². The largest absolute Gasteiger partial charge is 0.508 e. The Morgan fingerprint density at radius 2 is 1.02 bits per heavy atom. The highest BCUT2D eigenvalue weighted by atomic mass is 16.3. The second-order valence-corrected chi connectivity index (χ2v) is 12.5. The zero-order valence-electron chi connectivity index (χ0n) is 23.8. The third-order valence-corrected chi connectivity index (χ3v) is 7.51. The van der Waals surface area contributed by atoms with Crippen LogP contribution < -0.4 is 10.6 Å². The number of fused-ring (bicyclic) bond motifs is 2. The number of rotatable bonds is 4. The van der Waals surface area contributed by atoms with Crippen LogP contribution in [0.5, 0.6) is 11.5 Å². The number of phenols is 2. The molecule has 0 heterocycles. The summed E-state index contributed by atoms with van der Waals surface area (Å²) < 4.78 is 0. The first-order chi connectivity index (χ1) is 18.8. The number of ketones is 1. The van der Waals surface area contributed by atoms with Gasteiger partial charge in [0.15, 0.2) is 5.78 Å². The van der Waals surface area contributed by atoms with E-state index in [1.54, 1.807) is 6.07 Å². The number of aliphatic hydroxyl groups is 1. The summed E-state index contributed by atoms with van der Waals surface area (Å²) in [6.45, 7) is 12.9. The molecule has 0 amide bonds. The van der Waals surface area contributed by atoms with Gasteiger partial charge in [0.1, 0.15) is 17.6 Å². The van der Waals surface area contributed by atoms with E-state index in [-0.39, 0.29) is 39.0 Å². The van der Waals surface area contributed by atoms with Crippen LogP contribution >= 0.6 is 0 Å². The molecule has 1 atom stereocenters. The van der Waals surface area contributed by atoms with Gasteiger partial charge >= 0.3 is 0 Å². The van der Waals surface area contributed by atoms with Gasteiger partial charge < -0.3 is 26.0 Å². The van der Waals surface area contributed by atoms with Gasteiger partial charge in [0.25, 0.3) is 0 Å². The van der Waals surface area contributed by atoms with Crippen molar-refractivity contribution in [2.75, 3.05) is 10.6 Å². The molecule has 4 aromatic rings. The summed E-state index contributed by atoms with van der Waals surface area (Å²) in [7, 11) is 0. The maximum atomic E-state index is 13.9. The number of aromatic hydroxyl groups is 2. The standard InChI is InChI=1S/C34H36N2O4/c1-33(2,3)19-7-11-21(12-8-19)35-23-15-16-24(36-22-13-9-20(10-14-22)34(4,5)6)28-27(23)31(39)29-25(37)17-18-26(38)30(29)32(28)40/h7-18,31,35-39H,1-6H3. The fourth-order valence-electron chi connectivity index (χ4n) is 5.16. The van der Waals surface area contributed by atoms with Crippen molar-refractivity contribution in [1.82, 2.24) is 0 Å². The van der Waals surface area contributed by atoms with E-state index in [1.807, 2.05) is 54.6 Å². The van der Waals surface area contributed by atoms with Gasteiger partial charge in [0.2, 0.25) is 0 Å². The second-order valence-electron chi connectivity index (χ2n) is 12.5. The molecule has 0 saturated carbocycles. The predicted octanol–water partition coefficient (Wildman–Crippen LogP) is 7.81. The van der Waals surface area contributed by atoms with Crippen LogP contribution in [0.25, 0.3) is 0 Å². The average Bonchev–Trinajstić information content (AvgIpc) is 2.89. The molecule has 0 spiro atoms. The Morgan fingerprint density at radius 3 is 1.52 bits per heavy atom. The Bertz CT molecular complexity index is 1590. The minimum absolute atomic E-state index is 0.000585. The fourth-order valence-corrected chi connectivity index (χ4v) is 5.16. The normalized spacial score (nSPS) is 14.9. The Kier molecular flexibility index (Phi) is 6.63. The first-order valence-corrected chi connectivity index (χ1v) is 13.5. The number of anilines is 4. The SMILES string of the molecule is CC(C)(C)c1ccc(Nc2ccc(Nc3ccc(C(C)(C)C)cc3)c3c2C(=O)c2c(O)ccc(O)c2C3O)cc1. The summed E-state index contributed by atoms with van der Waals surface area (Å²) >= 11 is 0. The van der Waals surface area contributed by atoms with Crippen LogP contribution in [0.1, 0.15) is 85.8 Å². The summed E-state index contributed by atoms with van der Waals surface area (Å²) in [6.07, 6.45) is -1.35. The third-order valence-electron chi connectivity index (χ3n) is 7.51. The minimum Gasteiger partial charge on any atom is -0.508 e. The van der Waals surface area contributed by atoms with E-state index in [2.05, 4.69) is 52.2 Å². The van der Waals surface area contributed by atoms with Gasteiger partial charge in [0, 0.05) is 28.2 Å². The lowest BCUT2D eigenvalue weighted by Gasteiger charge is -2.29. The average molecular weight is 537 g/mol. The van der Waals surface area contributed by atoms with Crippen LogP contribution in [0, 0.1) is 0 Å². The van der Waals surface area contributed by atoms with Gasteiger partial charge in [-0.25, -0.2) is 0 Å². The maximum absolute atomic E-state index is 13.9. The first-order valence-electron chi connectivity index (χ1n) is 13.5. The molecule has 6 heteroatoms. The van der Waals surface area contributed by atoms with Crippen molar-refractivity contribution in [2.45, 2.75) is 58.5 Å². The number of benzene rings is 4. The van der Waals surface area contributed by atoms with Crippen molar-refractivity contribution < 1.29 is 20.1 Å². The fraction of sp³-hybridized carbons (Fsp3) is 0.265. The predicted molar refractivity (Wildman–Crippen MR) is 161 cm³/mol. The highest BCUT2D eigenvalue weighted by Crippen LogP contribution is 2.48. The van der Waals surface area contributed by atoms with Gasteiger partial charge in [-0.2, -0.15) is 0 Å². The molecule has 5 rings (SSSR count). The molecule has 5 N–H and O–H groups in total. The molecular weight excluding hydrogens is 500 g/mol. The molecule has 0 fully saturated rings. The summed E-state index contributed by atoms with van der Waals surface area (Å²) in [5, 5.41) is 39.5. The molecule has 0 aliphatic heterocycles. The van der Waals surface area contributed by atoms with Gasteiger partial charge in [-0.3, -0.25) is 4.79 Å². The molecule has 4 aromatic carbocycles. The second kappa shape index (κ2) is 9.72. The van der Waals surface area contributed by atoms with Gasteiger partial charge in [-0.05, 0) is 70.5 Å². The molecule has 0 bridgehead atoms. The Morgan fingerprint density at radius 1 is 0.575 bits per heavy atom. The molecule has 1 aliphatic rings. The molecule has 40 heavy (non-hydrogen) atoms. The van der Waals surface area contributed by atoms with Crippen LogP contribution in [0.2, 0.25) is 0 Å². The summed E-state index contributed by atoms with van der Waals surface area (Å²) in [5.41, 5.74) is 5.41. The lowest BCUT2D eigenvalue weighted by atomic mass is 9.80. The molecule has 0 saturated heterocycles. The molecule has 6 nitrogen and oxygen atoms in total. The Labute approximate surface area is 235 Å². The third kappa shape index (κ3) is 4.91. The Hall–Kier alpha value is -4.29. The summed E-state index contributed by atoms with van der Waals surface area (Å²) in [4.78, 5) is 13.9. The first kappa shape index (κ1) is 27.3. The number of nitrogens with one attached hydrogen (secondary N) is 2. The molecular formula is C34H36N2O4. The zero-order chi connectivity index (χ0) is 29.0. The molecule has 1 unspecified atom stereocenters. The van der Waals surface area contributed by atoms with Gasteiger partial charge in [0.05, 0.1) is 16.8 Å². The van der Waals surface area contributed by atoms with E-state index in [0.29, 0.717) is 16.9 Å². The number of hydrogen-bond donors (Lipinski definition) is 5. The van der Waals surface area contributed by atoms with Crippen molar-refractivity contribution in [3.8, 4) is 11.5 Å². The van der Waals surface area contributed by atoms with Gasteiger partial charge in [-0.1, -0.05) is 65.8 Å². The van der Waals surface area contributed by atoms with Crippen molar-refractivity contribution in [3.63, 3.8) is 0 Å². The van der Waals surface area contributed by atoms with Crippen molar-refractivity contribution in [1.29, 1.82) is 0 Å². The molecule has 0 radical (unpaired) electrons.